The number of carbonyl (C=O) groups is 1. The van der Waals surface area contributed by atoms with Gasteiger partial charge in [-0.05, 0) is 56.2 Å². The zero-order chi connectivity index (χ0) is 25.4. The maximum atomic E-state index is 13.7. The Bertz CT molecular complexity index is 1550. The minimum atomic E-state index is -0.703. The molecule has 1 aromatic heterocycles. The van der Waals surface area contributed by atoms with E-state index in [0.717, 1.165) is 5.56 Å². The molecule has 0 saturated heterocycles. The van der Waals surface area contributed by atoms with E-state index >= 15 is 0 Å². The van der Waals surface area contributed by atoms with Gasteiger partial charge in [0.15, 0.2) is 16.3 Å². The van der Waals surface area contributed by atoms with Crippen molar-refractivity contribution >= 4 is 35.0 Å². The molecule has 0 spiro atoms. The van der Waals surface area contributed by atoms with E-state index in [1.54, 1.807) is 32.1 Å². The maximum absolute atomic E-state index is 13.7. The monoisotopic (exact) mass is 526 g/mol. The van der Waals surface area contributed by atoms with Crippen LogP contribution in [-0.4, -0.2) is 30.5 Å². The minimum Gasteiger partial charge on any atom is -0.494 e. The van der Waals surface area contributed by atoms with Crippen molar-refractivity contribution in [3.05, 3.63) is 83.5 Å². The Morgan fingerprint density at radius 1 is 1.19 bits per heavy atom. The molecule has 0 amide bonds. The van der Waals surface area contributed by atoms with Gasteiger partial charge in [0.25, 0.3) is 5.56 Å². The minimum absolute atomic E-state index is 0.120. The second-order valence-corrected chi connectivity index (χ2v) is 9.45. The van der Waals surface area contributed by atoms with E-state index in [9.17, 15) is 9.59 Å². The Kier molecular flexibility index (Phi) is 6.59. The molecule has 0 radical (unpaired) electrons. The largest absolute Gasteiger partial charge is 0.494 e. The Morgan fingerprint density at radius 2 is 1.92 bits per heavy atom. The first-order valence-electron chi connectivity index (χ1n) is 11.4. The number of rotatable bonds is 6. The number of allylic oxidation sites excluding steroid dienone is 1. The maximum Gasteiger partial charge on any atom is 0.338 e. The molecule has 3 aromatic rings. The van der Waals surface area contributed by atoms with Crippen LogP contribution in [0.4, 0.5) is 0 Å². The van der Waals surface area contributed by atoms with Crippen LogP contribution in [0.3, 0.4) is 0 Å². The highest BCUT2D eigenvalue weighted by atomic mass is 35.5. The van der Waals surface area contributed by atoms with E-state index in [2.05, 4.69) is 4.99 Å². The normalized spacial score (nSPS) is 16.6. The number of carbonyl (C=O) groups excluding carboxylic acids is 1. The van der Waals surface area contributed by atoms with Crippen LogP contribution >= 0.6 is 22.9 Å². The Labute approximate surface area is 215 Å². The van der Waals surface area contributed by atoms with Crippen LogP contribution in [0.15, 0.2) is 57.5 Å². The smallest absolute Gasteiger partial charge is 0.338 e. The fourth-order valence-electron chi connectivity index (χ4n) is 4.20. The van der Waals surface area contributed by atoms with Crippen molar-refractivity contribution in [3.8, 4) is 17.2 Å². The molecule has 2 aromatic carbocycles. The quantitative estimate of drug-likeness (QED) is 0.456. The average Bonchev–Trinajstić information content (AvgIpc) is 3.43. The predicted octanol–water partition coefficient (Wildman–Crippen LogP) is 3.58. The molecular formula is C26H23ClN2O6S. The van der Waals surface area contributed by atoms with Gasteiger partial charge >= 0.3 is 5.97 Å². The molecular weight excluding hydrogens is 504 g/mol. The first-order valence-corrected chi connectivity index (χ1v) is 12.6. The lowest BCUT2D eigenvalue weighted by Gasteiger charge is -2.24. The molecule has 0 saturated carbocycles. The first-order chi connectivity index (χ1) is 17.4. The van der Waals surface area contributed by atoms with Crippen LogP contribution in [0.5, 0.6) is 17.2 Å². The topological polar surface area (TPSA) is 88.4 Å². The third-order valence-corrected chi connectivity index (χ3v) is 7.11. The number of benzene rings is 2. The van der Waals surface area contributed by atoms with Gasteiger partial charge in [-0.2, -0.15) is 0 Å². The third kappa shape index (κ3) is 4.29. The predicted molar refractivity (Wildman–Crippen MR) is 136 cm³/mol. The van der Waals surface area contributed by atoms with Crippen LogP contribution in [0.1, 0.15) is 37.9 Å². The third-order valence-electron chi connectivity index (χ3n) is 5.80. The van der Waals surface area contributed by atoms with E-state index in [0.29, 0.717) is 55.0 Å². The first kappa shape index (κ1) is 24.1. The molecule has 1 atom stereocenters. The highest BCUT2D eigenvalue weighted by Gasteiger charge is 2.33. The van der Waals surface area contributed by atoms with Gasteiger partial charge < -0.3 is 18.9 Å². The van der Waals surface area contributed by atoms with Gasteiger partial charge in [-0.25, -0.2) is 9.79 Å². The summed E-state index contributed by atoms with van der Waals surface area (Å²) in [7, 11) is 0. The standard InChI is InChI=1S/C26H23ClN2O6S/c1-4-32-17-8-6-15(7-9-17)23-22(25(31)33-5-2)14(3)28-26-29(23)24(30)21(36-26)11-16-10-19-20(12-18(16)27)35-13-34-19/h6-12,23H,4-5,13H2,1-3H3/b21-11-/t23-/m1/s1. The van der Waals surface area contributed by atoms with Gasteiger partial charge in [0.1, 0.15) is 5.75 Å². The molecule has 0 N–H and O–H groups in total. The Balaban J connectivity index is 1.68. The van der Waals surface area contributed by atoms with Gasteiger partial charge in [-0.15, -0.1) is 0 Å². The van der Waals surface area contributed by atoms with Crippen LogP contribution in [0.2, 0.25) is 5.02 Å². The average molecular weight is 527 g/mol. The summed E-state index contributed by atoms with van der Waals surface area (Å²) >= 11 is 7.67. The van der Waals surface area contributed by atoms with Gasteiger partial charge in [-0.1, -0.05) is 35.1 Å². The van der Waals surface area contributed by atoms with E-state index in [4.69, 9.17) is 30.5 Å². The highest BCUT2D eigenvalue weighted by Crippen LogP contribution is 2.37. The molecule has 0 aliphatic carbocycles. The zero-order valence-electron chi connectivity index (χ0n) is 19.9. The summed E-state index contributed by atoms with van der Waals surface area (Å²) in [4.78, 5) is 31.8. The Hall–Kier alpha value is -3.56. The number of fused-ring (bicyclic) bond motifs is 2. The molecule has 10 heteroatoms. The van der Waals surface area contributed by atoms with Crippen molar-refractivity contribution < 1.29 is 23.7 Å². The summed E-state index contributed by atoms with van der Waals surface area (Å²) < 4.78 is 23.7. The second-order valence-electron chi connectivity index (χ2n) is 8.03. The van der Waals surface area contributed by atoms with Crippen LogP contribution in [0, 0.1) is 0 Å². The summed E-state index contributed by atoms with van der Waals surface area (Å²) in [6.45, 7) is 6.26. The second kappa shape index (κ2) is 9.83. The zero-order valence-corrected chi connectivity index (χ0v) is 21.4. The van der Waals surface area contributed by atoms with Gasteiger partial charge in [0.05, 0.1) is 40.1 Å². The van der Waals surface area contributed by atoms with Gasteiger partial charge in [0.2, 0.25) is 6.79 Å². The number of aromatic nitrogens is 1. The lowest BCUT2D eigenvalue weighted by Crippen LogP contribution is -2.39. The summed E-state index contributed by atoms with van der Waals surface area (Å²) in [5.41, 5.74) is 1.89. The fraction of sp³-hybridized carbons (Fsp3) is 0.269. The molecule has 0 fully saturated rings. The van der Waals surface area contributed by atoms with Crippen LogP contribution < -0.4 is 29.1 Å². The van der Waals surface area contributed by atoms with Crippen LogP contribution in [-0.2, 0) is 9.53 Å². The highest BCUT2D eigenvalue weighted by molar-refractivity contribution is 7.07. The number of hydrogen-bond acceptors (Lipinski definition) is 8. The van der Waals surface area contributed by atoms with E-state index in [-0.39, 0.29) is 19.0 Å². The van der Waals surface area contributed by atoms with Crippen molar-refractivity contribution in [1.29, 1.82) is 0 Å². The van der Waals surface area contributed by atoms with E-state index < -0.39 is 12.0 Å². The number of thiazole rings is 1. The van der Waals surface area contributed by atoms with Crippen molar-refractivity contribution in [2.24, 2.45) is 4.99 Å². The van der Waals surface area contributed by atoms with Gasteiger partial charge in [-0.3, -0.25) is 9.36 Å². The summed E-state index contributed by atoms with van der Waals surface area (Å²) in [5.74, 6) is 1.31. The van der Waals surface area contributed by atoms with E-state index in [1.807, 2.05) is 31.2 Å². The molecule has 8 nitrogen and oxygen atoms in total. The number of halogens is 1. The number of ether oxygens (including phenoxy) is 4. The van der Waals surface area contributed by atoms with Crippen molar-refractivity contribution in [1.82, 2.24) is 4.57 Å². The molecule has 186 valence electrons. The molecule has 2 aliphatic heterocycles. The van der Waals surface area contributed by atoms with Crippen molar-refractivity contribution in [2.75, 3.05) is 20.0 Å². The number of esters is 1. The van der Waals surface area contributed by atoms with Crippen LogP contribution in [0.25, 0.3) is 6.08 Å². The number of nitrogens with zero attached hydrogens (tertiary/aromatic N) is 2. The SMILES string of the molecule is CCOC(=O)C1=C(C)N=c2s/c(=C\c3cc4c(cc3Cl)OCO4)c(=O)n2[C@@H]1c1ccc(OCC)cc1. The molecule has 5 rings (SSSR count). The Morgan fingerprint density at radius 3 is 2.61 bits per heavy atom. The molecule has 2 aliphatic rings. The molecule has 3 heterocycles. The van der Waals surface area contributed by atoms with Gasteiger partial charge in [0, 0.05) is 6.07 Å². The lowest BCUT2D eigenvalue weighted by atomic mass is 9.96. The lowest BCUT2D eigenvalue weighted by molar-refractivity contribution is -0.139. The van der Waals surface area contributed by atoms with E-state index in [1.165, 1.54) is 15.9 Å². The molecule has 0 bridgehead atoms. The summed E-state index contributed by atoms with van der Waals surface area (Å²) in [6.07, 6.45) is 1.70. The van der Waals surface area contributed by atoms with Crippen molar-refractivity contribution in [2.45, 2.75) is 26.8 Å². The van der Waals surface area contributed by atoms with Crippen molar-refractivity contribution in [3.63, 3.8) is 0 Å². The summed E-state index contributed by atoms with van der Waals surface area (Å²) in [5, 5.41) is 0.427. The number of hydrogen-bond donors (Lipinski definition) is 0. The fourth-order valence-corrected chi connectivity index (χ4v) is 5.45. The molecule has 36 heavy (non-hydrogen) atoms. The summed E-state index contributed by atoms with van der Waals surface area (Å²) in [6, 6.07) is 10.0. The molecule has 0 unspecified atom stereocenters.